The van der Waals surface area contributed by atoms with E-state index in [0.29, 0.717) is 24.9 Å². The Kier molecular flexibility index (Phi) is 6.76. The van der Waals surface area contributed by atoms with Gasteiger partial charge < -0.3 is 15.5 Å². The normalized spacial score (nSPS) is 11.8. The maximum atomic E-state index is 12.2. The van der Waals surface area contributed by atoms with Gasteiger partial charge in [-0.1, -0.05) is 6.92 Å². The number of hydrogen-bond donors (Lipinski definition) is 2. The van der Waals surface area contributed by atoms with Gasteiger partial charge in [0.25, 0.3) is 0 Å². The Morgan fingerprint density at radius 1 is 1.35 bits per heavy atom. The molecule has 0 aliphatic rings. The molecule has 112 valence electrons. The zero-order valence-electron chi connectivity index (χ0n) is 12.8. The average Bonchev–Trinajstić information content (AvgIpc) is 2.46. The minimum Gasteiger partial charge on any atom is -0.358 e. The first kappa shape index (κ1) is 16.2. The molecule has 1 rings (SSSR count). The highest BCUT2D eigenvalue weighted by molar-refractivity contribution is 5.84. The maximum Gasteiger partial charge on any atom is 0.244 e. The van der Waals surface area contributed by atoms with Crippen molar-refractivity contribution in [3.05, 3.63) is 12.3 Å². The standard InChI is InChI=1S/C14H25N5O/c1-5-9-15-14-16-10-8-12(18-14)17-11(4)13(20)19(6-2)7-3/h8,10-11H,5-7,9H2,1-4H3,(H2,15,16,17,18). The van der Waals surface area contributed by atoms with Crippen molar-refractivity contribution >= 4 is 17.7 Å². The molecule has 0 fully saturated rings. The van der Waals surface area contributed by atoms with E-state index in [-0.39, 0.29) is 11.9 Å². The van der Waals surface area contributed by atoms with E-state index in [1.165, 1.54) is 0 Å². The Balaban J connectivity index is 2.65. The van der Waals surface area contributed by atoms with Crippen molar-refractivity contribution in [3.8, 4) is 0 Å². The van der Waals surface area contributed by atoms with Crippen LogP contribution in [0, 0.1) is 0 Å². The second-order valence-corrected chi connectivity index (χ2v) is 4.57. The Morgan fingerprint density at radius 2 is 2.05 bits per heavy atom. The highest BCUT2D eigenvalue weighted by atomic mass is 16.2. The van der Waals surface area contributed by atoms with Crippen LogP contribution >= 0.6 is 0 Å². The fourth-order valence-electron chi connectivity index (χ4n) is 1.85. The number of aromatic nitrogens is 2. The van der Waals surface area contributed by atoms with Crippen molar-refractivity contribution in [2.24, 2.45) is 0 Å². The highest BCUT2D eigenvalue weighted by Crippen LogP contribution is 2.08. The molecule has 1 heterocycles. The second-order valence-electron chi connectivity index (χ2n) is 4.57. The SMILES string of the molecule is CCCNc1nccc(NC(C)C(=O)N(CC)CC)n1. The summed E-state index contributed by atoms with van der Waals surface area (Å²) in [5, 5.41) is 6.25. The van der Waals surface area contributed by atoms with Crippen molar-refractivity contribution in [2.45, 2.75) is 40.2 Å². The van der Waals surface area contributed by atoms with Gasteiger partial charge >= 0.3 is 0 Å². The van der Waals surface area contributed by atoms with Crippen LogP contribution in [0.15, 0.2) is 12.3 Å². The van der Waals surface area contributed by atoms with Gasteiger partial charge in [-0.15, -0.1) is 0 Å². The number of likely N-dealkylation sites (N-methyl/N-ethyl adjacent to an activating group) is 1. The number of carbonyl (C=O) groups is 1. The lowest BCUT2D eigenvalue weighted by atomic mass is 10.2. The third-order valence-electron chi connectivity index (χ3n) is 3.00. The molecule has 0 aliphatic heterocycles. The fraction of sp³-hybridized carbons (Fsp3) is 0.643. The third kappa shape index (κ3) is 4.68. The summed E-state index contributed by atoms with van der Waals surface area (Å²) in [4.78, 5) is 22.5. The van der Waals surface area contributed by atoms with Crippen LogP contribution in [0.2, 0.25) is 0 Å². The minimum atomic E-state index is -0.302. The van der Waals surface area contributed by atoms with Gasteiger partial charge in [-0.3, -0.25) is 4.79 Å². The van der Waals surface area contributed by atoms with Crippen LogP contribution in [0.5, 0.6) is 0 Å². The summed E-state index contributed by atoms with van der Waals surface area (Å²) in [7, 11) is 0. The first-order valence-electron chi connectivity index (χ1n) is 7.24. The number of nitrogens with zero attached hydrogens (tertiary/aromatic N) is 3. The smallest absolute Gasteiger partial charge is 0.244 e. The molecule has 0 aliphatic carbocycles. The summed E-state index contributed by atoms with van der Waals surface area (Å²) in [5.41, 5.74) is 0. The van der Waals surface area contributed by atoms with Crippen LogP contribution in [-0.2, 0) is 4.79 Å². The molecule has 0 aromatic carbocycles. The van der Waals surface area contributed by atoms with Gasteiger partial charge in [-0.25, -0.2) is 4.98 Å². The molecule has 0 saturated carbocycles. The molecule has 0 bridgehead atoms. The molecule has 0 saturated heterocycles. The van der Waals surface area contributed by atoms with Gasteiger partial charge in [0, 0.05) is 25.8 Å². The average molecular weight is 279 g/mol. The number of hydrogen-bond acceptors (Lipinski definition) is 5. The lowest BCUT2D eigenvalue weighted by molar-refractivity contribution is -0.131. The van der Waals surface area contributed by atoms with Crippen LogP contribution in [-0.4, -0.2) is 46.5 Å². The molecular weight excluding hydrogens is 254 g/mol. The van der Waals surface area contributed by atoms with Crippen molar-refractivity contribution < 1.29 is 4.79 Å². The molecular formula is C14H25N5O. The summed E-state index contributed by atoms with van der Waals surface area (Å²) in [6.45, 7) is 10.2. The van der Waals surface area contributed by atoms with E-state index in [0.717, 1.165) is 13.0 Å². The highest BCUT2D eigenvalue weighted by Gasteiger charge is 2.18. The van der Waals surface area contributed by atoms with E-state index in [9.17, 15) is 4.79 Å². The number of carbonyl (C=O) groups excluding carboxylic acids is 1. The van der Waals surface area contributed by atoms with Crippen molar-refractivity contribution in [1.82, 2.24) is 14.9 Å². The zero-order valence-corrected chi connectivity index (χ0v) is 12.8. The van der Waals surface area contributed by atoms with Crippen LogP contribution in [0.1, 0.15) is 34.1 Å². The topological polar surface area (TPSA) is 70.2 Å². The van der Waals surface area contributed by atoms with Gasteiger partial charge in [0.15, 0.2) is 0 Å². The first-order chi connectivity index (χ1) is 9.62. The molecule has 0 spiro atoms. The van der Waals surface area contributed by atoms with E-state index < -0.39 is 0 Å². The number of rotatable bonds is 8. The Bertz CT molecular complexity index is 420. The third-order valence-corrected chi connectivity index (χ3v) is 3.00. The van der Waals surface area contributed by atoms with Gasteiger partial charge in [0.05, 0.1) is 0 Å². The van der Waals surface area contributed by atoms with Crippen LogP contribution in [0.4, 0.5) is 11.8 Å². The molecule has 1 aromatic heterocycles. The fourth-order valence-corrected chi connectivity index (χ4v) is 1.85. The Morgan fingerprint density at radius 3 is 2.65 bits per heavy atom. The predicted octanol–water partition coefficient (Wildman–Crippen LogP) is 1.97. The molecule has 1 aromatic rings. The van der Waals surface area contributed by atoms with Crippen molar-refractivity contribution in [1.29, 1.82) is 0 Å². The van der Waals surface area contributed by atoms with Crippen LogP contribution in [0.3, 0.4) is 0 Å². The van der Waals surface area contributed by atoms with E-state index in [4.69, 9.17) is 0 Å². The maximum absolute atomic E-state index is 12.2. The van der Waals surface area contributed by atoms with Gasteiger partial charge in [-0.05, 0) is 33.3 Å². The van der Waals surface area contributed by atoms with Gasteiger partial charge in [-0.2, -0.15) is 4.98 Å². The van der Waals surface area contributed by atoms with E-state index in [1.807, 2.05) is 20.8 Å². The van der Waals surface area contributed by atoms with Crippen molar-refractivity contribution in [3.63, 3.8) is 0 Å². The minimum absolute atomic E-state index is 0.0803. The summed E-state index contributed by atoms with van der Waals surface area (Å²) in [6, 6.07) is 1.46. The van der Waals surface area contributed by atoms with E-state index in [1.54, 1.807) is 17.2 Å². The molecule has 0 radical (unpaired) electrons. The van der Waals surface area contributed by atoms with Crippen molar-refractivity contribution in [2.75, 3.05) is 30.3 Å². The molecule has 1 atom stereocenters. The summed E-state index contributed by atoms with van der Waals surface area (Å²) >= 11 is 0. The largest absolute Gasteiger partial charge is 0.358 e. The molecule has 6 nitrogen and oxygen atoms in total. The number of amides is 1. The predicted molar refractivity (Wildman–Crippen MR) is 81.8 cm³/mol. The van der Waals surface area contributed by atoms with E-state index >= 15 is 0 Å². The van der Waals surface area contributed by atoms with Gasteiger partial charge in [0.2, 0.25) is 11.9 Å². The second kappa shape index (κ2) is 8.35. The van der Waals surface area contributed by atoms with Crippen LogP contribution < -0.4 is 10.6 Å². The zero-order chi connectivity index (χ0) is 15.0. The quantitative estimate of drug-likeness (QED) is 0.761. The first-order valence-corrected chi connectivity index (χ1v) is 7.24. The Hall–Kier alpha value is -1.85. The van der Waals surface area contributed by atoms with E-state index in [2.05, 4.69) is 27.5 Å². The lowest BCUT2D eigenvalue weighted by Gasteiger charge is -2.23. The summed E-state index contributed by atoms with van der Waals surface area (Å²) < 4.78 is 0. The molecule has 2 N–H and O–H groups in total. The molecule has 20 heavy (non-hydrogen) atoms. The summed E-state index contributed by atoms with van der Waals surface area (Å²) in [6.07, 6.45) is 2.69. The number of nitrogens with one attached hydrogen (secondary N) is 2. The summed E-state index contributed by atoms with van der Waals surface area (Å²) in [5.74, 6) is 1.32. The Labute approximate surface area is 121 Å². The number of anilines is 2. The monoisotopic (exact) mass is 279 g/mol. The molecule has 6 heteroatoms. The van der Waals surface area contributed by atoms with Crippen LogP contribution in [0.25, 0.3) is 0 Å². The lowest BCUT2D eigenvalue weighted by Crippen LogP contribution is -2.41. The van der Waals surface area contributed by atoms with Gasteiger partial charge in [0.1, 0.15) is 11.9 Å². The molecule has 1 amide bonds. The molecule has 1 unspecified atom stereocenters.